The van der Waals surface area contributed by atoms with Gasteiger partial charge in [-0.3, -0.25) is 15.0 Å². The van der Waals surface area contributed by atoms with E-state index in [2.05, 4.69) is 89.3 Å². The Labute approximate surface area is 260 Å². The van der Waals surface area contributed by atoms with E-state index >= 15 is 0 Å². The van der Waals surface area contributed by atoms with E-state index in [1.807, 2.05) is 0 Å². The maximum atomic E-state index is 11.9. The Kier molecular flexibility index (Phi) is 11.5. The van der Waals surface area contributed by atoms with E-state index < -0.39 is 27.7 Å². The van der Waals surface area contributed by atoms with Gasteiger partial charge in [-0.25, -0.2) is 4.39 Å². The quantitative estimate of drug-likeness (QED) is 0.143. The van der Waals surface area contributed by atoms with Crippen LogP contribution in [0.3, 0.4) is 0 Å². The number of alkyl halides is 6. The molecule has 2 fully saturated rings. The Bertz CT molecular complexity index is 1380. The lowest BCUT2D eigenvalue weighted by Gasteiger charge is -2.29. The van der Waals surface area contributed by atoms with Gasteiger partial charge in [-0.1, -0.05) is 81.0 Å². The lowest BCUT2D eigenvalue weighted by atomic mass is 9.84. The monoisotopic (exact) mass is 656 g/mol. The highest BCUT2D eigenvalue weighted by Gasteiger charge is 2.64. The van der Waals surface area contributed by atoms with Crippen molar-refractivity contribution in [3.63, 3.8) is 0 Å². The SMILES string of the molecule is O=S(=O)(O)C(F)(F)C(F)C(F)(F)F.c1ccc(NN(c2ccc(C3CCCCC3)cc2)c2ccc(C3CCCCC3)cc2)cc1. The first-order chi connectivity index (χ1) is 21.3. The van der Waals surface area contributed by atoms with Crippen molar-refractivity contribution in [3.8, 4) is 0 Å². The van der Waals surface area contributed by atoms with Gasteiger partial charge in [0.25, 0.3) is 6.17 Å². The molecule has 2 aliphatic carbocycles. The zero-order valence-electron chi connectivity index (χ0n) is 24.7. The van der Waals surface area contributed by atoms with Gasteiger partial charge in [-0.15, -0.1) is 0 Å². The molecule has 0 radical (unpaired) electrons. The number of hydrogen-bond donors (Lipinski definition) is 2. The molecule has 1 unspecified atom stereocenters. The van der Waals surface area contributed by atoms with E-state index in [0.717, 1.165) is 17.5 Å². The average molecular weight is 657 g/mol. The molecule has 2 saturated carbocycles. The van der Waals surface area contributed by atoms with Crippen molar-refractivity contribution in [3.05, 3.63) is 90.0 Å². The lowest BCUT2D eigenvalue weighted by Crippen LogP contribution is -2.46. The molecule has 0 aliphatic heterocycles. The Morgan fingerprint density at radius 1 is 0.667 bits per heavy atom. The highest BCUT2D eigenvalue weighted by atomic mass is 32.2. The molecule has 0 bridgehead atoms. The van der Waals surface area contributed by atoms with Crippen LogP contribution in [0.25, 0.3) is 0 Å². The topological polar surface area (TPSA) is 69.6 Å². The van der Waals surface area contributed by atoms with E-state index in [4.69, 9.17) is 4.55 Å². The van der Waals surface area contributed by atoms with Crippen molar-refractivity contribution < 1.29 is 39.3 Å². The van der Waals surface area contributed by atoms with Crippen LogP contribution < -0.4 is 10.4 Å². The van der Waals surface area contributed by atoms with Crippen molar-refractivity contribution in [1.82, 2.24) is 0 Å². The lowest BCUT2D eigenvalue weighted by molar-refractivity contribution is -0.223. The molecule has 0 amide bonds. The van der Waals surface area contributed by atoms with Crippen LogP contribution in [-0.4, -0.2) is 30.6 Å². The molecular formula is C33H38F6N2O3S. The van der Waals surface area contributed by atoms with E-state index in [0.29, 0.717) is 0 Å². The van der Waals surface area contributed by atoms with Gasteiger partial charge in [0.1, 0.15) is 0 Å². The van der Waals surface area contributed by atoms with Crippen molar-refractivity contribution in [1.29, 1.82) is 0 Å². The summed E-state index contributed by atoms with van der Waals surface area (Å²) in [6.45, 7) is 0. The first kappa shape index (κ1) is 34.6. The average Bonchev–Trinajstić information content (AvgIpc) is 3.04. The van der Waals surface area contributed by atoms with Gasteiger partial charge >= 0.3 is 21.5 Å². The standard InChI is InChI=1S/C30H36N2.C3H2F6O3S/c1-4-10-24(11-5-1)26-16-20-29(21-17-26)32(31-28-14-8-3-9-15-28)30-22-18-27(19-23-30)25-12-6-2-7-13-25;4-1(2(5,6)7)3(8,9)13(10,11)12/h3,8-9,14-25,31H,1-2,4-7,10-13H2;1H,(H,10,11,12). The number of nitrogens with one attached hydrogen (secondary N) is 1. The first-order valence-electron chi connectivity index (χ1n) is 15.1. The number of rotatable bonds is 8. The fourth-order valence-corrected chi connectivity index (χ4v) is 6.30. The molecule has 5 rings (SSSR count). The summed E-state index contributed by atoms with van der Waals surface area (Å²) in [5.41, 5.74) is 10.1. The summed E-state index contributed by atoms with van der Waals surface area (Å²) in [4.78, 5) is 0. The largest absolute Gasteiger partial charge is 0.426 e. The van der Waals surface area contributed by atoms with Crippen LogP contribution in [0.2, 0.25) is 0 Å². The van der Waals surface area contributed by atoms with Gasteiger partial charge in [0.15, 0.2) is 0 Å². The summed E-state index contributed by atoms with van der Waals surface area (Å²) in [7, 11) is -6.41. The van der Waals surface area contributed by atoms with Crippen molar-refractivity contribution in [2.45, 2.75) is 93.6 Å². The molecule has 2 N–H and O–H groups in total. The Hall–Kier alpha value is -3.25. The molecule has 5 nitrogen and oxygen atoms in total. The van der Waals surface area contributed by atoms with Crippen LogP contribution in [0.1, 0.15) is 87.2 Å². The van der Waals surface area contributed by atoms with Crippen molar-refractivity contribution in [2.75, 3.05) is 10.4 Å². The fraction of sp³-hybridized carbons (Fsp3) is 0.455. The van der Waals surface area contributed by atoms with Gasteiger partial charge < -0.3 is 0 Å². The van der Waals surface area contributed by atoms with Gasteiger partial charge in [-0.2, -0.15) is 30.4 Å². The smallest absolute Gasteiger partial charge is 0.294 e. The molecule has 3 aromatic rings. The summed E-state index contributed by atoms with van der Waals surface area (Å²) in [6.07, 6.45) is 2.67. The van der Waals surface area contributed by atoms with Crippen molar-refractivity contribution >= 4 is 27.2 Å². The molecule has 1 atom stereocenters. The van der Waals surface area contributed by atoms with Crippen LogP contribution in [-0.2, 0) is 10.1 Å². The second kappa shape index (κ2) is 14.9. The minimum atomic E-state index is -6.41. The molecular weight excluding hydrogens is 618 g/mol. The van der Waals surface area contributed by atoms with Crippen LogP contribution in [0.5, 0.6) is 0 Å². The molecule has 3 aromatic carbocycles. The molecule has 0 heterocycles. The second-order valence-corrected chi connectivity index (χ2v) is 13.1. The number of hydrogen-bond acceptors (Lipinski definition) is 4. The van der Waals surface area contributed by atoms with E-state index in [1.165, 1.54) is 86.7 Å². The zero-order valence-corrected chi connectivity index (χ0v) is 25.5. The molecule has 12 heteroatoms. The van der Waals surface area contributed by atoms with E-state index in [-0.39, 0.29) is 0 Å². The van der Waals surface area contributed by atoms with Gasteiger partial charge in [0.2, 0.25) is 0 Å². The normalized spacial score (nSPS) is 17.6. The van der Waals surface area contributed by atoms with Crippen LogP contribution in [0.15, 0.2) is 78.9 Å². The third kappa shape index (κ3) is 9.16. The second-order valence-electron chi connectivity index (χ2n) is 11.6. The van der Waals surface area contributed by atoms with Crippen LogP contribution in [0.4, 0.5) is 43.4 Å². The van der Waals surface area contributed by atoms with Gasteiger partial charge in [0.05, 0.1) is 17.1 Å². The predicted octanol–water partition coefficient (Wildman–Crippen LogP) is 10.3. The summed E-state index contributed by atoms with van der Waals surface area (Å²) in [6, 6.07) is 29.0. The van der Waals surface area contributed by atoms with Gasteiger partial charge in [0, 0.05) is 0 Å². The molecule has 246 valence electrons. The molecule has 0 spiro atoms. The highest BCUT2D eigenvalue weighted by Crippen LogP contribution is 2.38. The fourth-order valence-electron chi connectivity index (χ4n) is 5.90. The third-order valence-electron chi connectivity index (χ3n) is 8.40. The Morgan fingerprint density at radius 2 is 1.07 bits per heavy atom. The molecule has 2 aliphatic rings. The van der Waals surface area contributed by atoms with Crippen molar-refractivity contribution in [2.24, 2.45) is 0 Å². The zero-order chi connectivity index (χ0) is 32.7. The highest BCUT2D eigenvalue weighted by molar-refractivity contribution is 7.86. The van der Waals surface area contributed by atoms with Crippen LogP contribution in [0, 0.1) is 0 Å². The Morgan fingerprint density at radius 3 is 1.40 bits per heavy atom. The number of halogens is 6. The molecule has 0 saturated heterocycles. The van der Waals surface area contributed by atoms with Crippen LogP contribution >= 0.6 is 0 Å². The number of benzene rings is 3. The summed E-state index contributed by atoms with van der Waals surface area (Å²) in [5.74, 6) is 1.48. The molecule has 0 aromatic heterocycles. The predicted molar refractivity (Wildman–Crippen MR) is 164 cm³/mol. The Balaban J connectivity index is 0.000000302. The summed E-state index contributed by atoms with van der Waals surface area (Å²) in [5, 5.41) is -3.66. The van der Waals surface area contributed by atoms with E-state index in [9.17, 15) is 34.8 Å². The molecule has 45 heavy (non-hydrogen) atoms. The van der Waals surface area contributed by atoms with Gasteiger partial charge in [-0.05, 0) is 85.0 Å². The summed E-state index contributed by atoms with van der Waals surface area (Å²) >= 11 is 0. The first-order valence-corrected chi connectivity index (χ1v) is 16.6. The minimum Gasteiger partial charge on any atom is -0.294 e. The number of anilines is 3. The summed E-state index contributed by atoms with van der Waals surface area (Å²) < 4.78 is 96.1. The number of para-hydroxylation sites is 1. The number of hydrazine groups is 1. The van der Waals surface area contributed by atoms with E-state index in [1.54, 1.807) is 0 Å². The number of nitrogens with zero attached hydrogens (tertiary/aromatic N) is 1. The minimum absolute atomic E-state index is 0.739. The maximum absolute atomic E-state index is 11.9. The third-order valence-corrected chi connectivity index (χ3v) is 9.29. The maximum Gasteiger partial charge on any atom is 0.426 e.